The van der Waals surface area contributed by atoms with E-state index in [4.69, 9.17) is 0 Å². The van der Waals surface area contributed by atoms with Crippen molar-refractivity contribution in [3.8, 4) is 0 Å². The molecule has 14 heavy (non-hydrogen) atoms. The van der Waals surface area contributed by atoms with Gasteiger partial charge in [0.25, 0.3) is 0 Å². The number of nitrogens with one attached hydrogen (secondary N) is 1. The molecule has 1 nitrogen and oxygen atoms in total. The highest BCUT2D eigenvalue weighted by atomic mass is 14.7. The van der Waals surface area contributed by atoms with Gasteiger partial charge in [0, 0.05) is 17.0 Å². The molecule has 0 unspecified atom stereocenters. The van der Waals surface area contributed by atoms with Gasteiger partial charge < -0.3 is 4.98 Å². The Morgan fingerprint density at radius 2 is 2.36 bits per heavy atom. The van der Waals surface area contributed by atoms with E-state index in [-0.39, 0.29) is 0 Å². The summed E-state index contributed by atoms with van der Waals surface area (Å²) in [6.07, 6.45) is 12.7. The summed E-state index contributed by atoms with van der Waals surface area (Å²) in [7, 11) is 0. The first-order valence-corrected chi connectivity index (χ1v) is 5.03. The first-order valence-electron chi connectivity index (χ1n) is 5.03. The van der Waals surface area contributed by atoms with E-state index >= 15 is 0 Å². The number of hydrogen-bond donors (Lipinski definition) is 1. The van der Waals surface area contributed by atoms with Gasteiger partial charge in [0.2, 0.25) is 0 Å². The summed E-state index contributed by atoms with van der Waals surface area (Å²) in [4.78, 5) is 3.41. The lowest BCUT2D eigenvalue weighted by Crippen LogP contribution is -1.91. The molecule has 72 valence electrons. The van der Waals surface area contributed by atoms with Crippen molar-refractivity contribution < 1.29 is 0 Å². The Hall–Kier alpha value is -1.50. The van der Waals surface area contributed by atoms with Crippen LogP contribution in [0.2, 0.25) is 0 Å². The van der Waals surface area contributed by atoms with Crippen molar-refractivity contribution in [3.05, 3.63) is 41.2 Å². The number of fused-ring (bicyclic) bond motifs is 1. The first kappa shape index (κ1) is 9.07. The van der Waals surface area contributed by atoms with Gasteiger partial charge in [0.05, 0.1) is 0 Å². The second-order valence-corrected chi connectivity index (χ2v) is 3.49. The Kier molecular flexibility index (Phi) is 2.40. The standard InChI is InChI=1S/C13H15N/c1-3-7-12-10(4-2)11-8-5-6-9-13(11)14-12/h3-4,6-7,9,14H,2,5,8H2,1H3/b7-3-. The maximum atomic E-state index is 3.88. The van der Waals surface area contributed by atoms with Crippen molar-refractivity contribution in [2.24, 2.45) is 0 Å². The van der Waals surface area contributed by atoms with Crippen LogP contribution in [0.3, 0.4) is 0 Å². The Morgan fingerprint density at radius 3 is 3.07 bits per heavy atom. The normalized spacial score (nSPS) is 14.6. The maximum Gasteiger partial charge on any atom is 0.0457 e. The van der Waals surface area contributed by atoms with Gasteiger partial charge in [-0.2, -0.15) is 0 Å². The van der Waals surface area contributed by atoms with Gasteiger partial charge in [-0.3, -0.25) is 0 Å². The van der Waals surface area contributed by atoms with E-state index in [0.29, 0.717) is 0 Å². The van der Waals surface area contributed by atoms with Crippen LogP contribution in [-0.2, 0) is 6.42 Å². The maximum absolute atomic E-state index is 3.88. The van der Waals surface area contributed by atoms with Gasteiger partial charge in [-0.25, -0.2) is 0 Å². The van der Waals surface area contributed by atoms with Crippen LogP contribution in [0.25, 0.3) is 18.2 Å². The molecule has 1 aliphatic rings. The van der Waals surface area contributed by atoms with Crippen LogP contribution in [-0.4, -0.2) is 4.98 Å². The smallest absolute Gasteiger partial charge is 0.0457 e. The minimum absolute atomic E-state index is 1.13. The molecule has 0 radical (unpaired) electrons. The van der Waals surface area contributed by atoms with Gasteiger partial charge in [-0.05, 0) is 37.5 Å². The number of allylic oxidation sites excluding steroid dienone is 2. The highest BCUT2D eigenvalue weighted by Crippen LogP contribution is 2.27. The van der Waals surface area contributed by atoms with Gasteiger partial charge in [0.1, 0.15) is 0 Å². The molecule has 1 aromatic rings. The minimum atomic E-state index is 1.13. The third-order valence-electron chi connectivity index (χ3n) is 2.59. The van der Waals surface area contributed by atoms with Crippen LogP contribution < -0.4 is 0 Å². The lowest BCUT2D eigenvalue weighted by molar-refractivity contribution is 0.983. The molecule has 0 atom stereocenters. The second kappa shape index (κ2) is 3.70. The van der Waals surface area contributed by atoms with E-state index in [2.05, 4.69) is 29.8 Å². The molecule has 2 rings (SSSR count). The van der Waals surface area contributed by atoms with Crippen LogP contribution >= 0.6 is 0 Å². The summed E-state index contributed by atoms with van der Waals surface area (Å²) >= 11 is 0. The molecule has 0 fully saturated rings. The molecule has 0 aliphatic heterocycles. The molecular weight excluding hydrogens is 170 g/mol. The average Bonchev–Trinajstić information content (AvgIpc) is 2.55. The predicted octanol–water partition coefficient (Wildman–Crippen LogP) is 3.65. The van der Waals surface area contributed by atoms with Gasteiger partial charge in [-0.15, -0.1) is 0 Å². The lowest BCUT2D eigenvalue weighted by Gasteiger charge is -2.04. The number of H-pyrrole nitrogens is 1. The van der Waals surface area contributed by atoms with Gasteiger partial charge >= 0.3 is 0 Å². The summed E-state index contributed by atoms with van der Waals surface area (Å²) < 4.78 is 0. The molecular formula is C13H15N. The van der Waals surface area contributed by atoms with Gasteiger partial charge in [-0.1, -0.05) is 24.8 Å². The topological polar surface area (TPSA) is 15.8 Å². The fourth-order valence-corrected chi connectivity index (χ4v) is 1.97. The molecule has 0 amide bonds. The molecule has 0 saturated carbocycles. The van der Waals surface area contributed by atoms with E-state index in [1.54, 1.807) is 0 Å². The Labute approximate surface area is 84.9 Å². The van der Waals surface area contributed by atoms with Crippen LogP contribution in [0.1, 0.15) is 35.9 Å². The van der Waals surface area contributed by atoms with Crippen LogP contribution in [0.5, 0.6) is 0 Å². The largest absolute Gasteiger partial charge is 0.355 e. The van der Waals surface area contributed by atoms with E-state index in [1.807, 2.05) is 19.1 Å². The number of hydrogen-bond acceptors (Lipinski definition) is 0. The summed E-state index contributed by atoms with van der Waals surface area (Å²) in [6, 6.07) is 0. The molecule has 1 heteroatoms. The SMILES string of the molecule is C=Cc1c(/C=C\C)[nH]c2c1CCC=C2. The van der Waals surface area contributed by atoms with Crippen LogP contribution in [0.15, 0.2) is 18.7 Å². The third-order valence-corrected chi connectivity index (χ3v) is 2.59. The number of aromatic nitrogens is 1. The minimum Gasteiger partial charge on any atom is -0.355 e. The zero-order valence-corrected chi connectivity index (χ0v) is 8.51. The van der Waals surface area contributed by atoms with Crippen molar-refractivity contribution in [3.63, 3.8) is 0 Å². The molecule has 1 heterocycles. The monoisotopic (exact) mass is 185 g/mol. The fourth-order valence-electron chi connectivity index (χ4n) is 1.97. The fraction of sp³-hybridized carbons (Fsp3) is 0.231. The predicted molar refractivity (Wildman–Crippen MR) is 62.9 cm³/mol. The van der Waals surface area contributed by atoms with E-state index in [1.165, 1.54) is 22.5 Å². The lowest BCUT2D eigenvalue weighted by atomic mass is 9.99. The van der Waals surface area contributed by atoms with Crippen LogP contribution in [0, 0.1) is 0 Å². The zero-order chi connectivity index (χ0) is 9.97. The number of rotatable bonds is 2. The summed E-state index contributed by atoms with van der Waals surface area (Å²) in [5, 5.41) is 0. The van der Waals surface area contributed by atoms with Crippen molar-refractivity contribution in [1.29, 1.82) is 0 Å². The quantitative estimate of drug-likeness (QED) is 0.723. The van der Waals surface area contributed by atoms with E-state index in [9.17, 15) is 0 Å². The van der Waals surface area contributed by atoms with E-state index in [0.717, 1.165) is 12.8 Å². The molecule has 1 aromatic heterocycles. The van der Waals surface area contributed by atoms with Crippen molar-refractivity contribution in [1.82, 2.24) is 4.98 Å². The molecule has 0 saturated heterocycles. The molecule has 0 spiro atoms. The molecule has 1 N–H and O–H groups in total. The molecule has 0 bridgehead atoms. The molecule has 0 aromatic carbocycles. The summed E-state index contributed by atoms with van der Waals surface area (Å²) in [6.45, 7) is 5.91. The van der Waals surface area contributed by atoms with Crippen molar-refractivity contribution in [2.45, 2.75) is 19.8 Å². The Balaban J connectivity index is 2.58. The number of aromatic amines is 1. The third kappa shape index (κ3) is 1.35. The van der Waals surface area contributed by atoms with E-state index < -0.39 is 0 Å². The van der Waals surface area contributed by atoms with Crippen molar-refractivity contribution >= 4 is 18.2 Å². The van der Waals surface area contributed by atoms with Gasteiger partial charge in [0.15, 0.2) is 0 Å². The first-order chi connectivity index (χ1) is 6.86. The summed E-state index contributed by atoms with van der Waals surface area (Å²) in [5.74, 6) is 0. The highest BCUT2D eigenvalue weighted by molar-refractivity contribution is 5.71. The summed E-state index contributed by atoms with van der Waals surface area (Å²) in [5.41, 5.74) is 5.11. The molecule has 1 aliphatic carbocycles. The zero-order valence-electron chi connectivity index (χ0n) is 8.51. The Morgan fingerprint density at radius 1 is 1.50 bits per heavy atom. The second-order valence-electron chi connectivity index (χ2n) is 3.49. The average molecular weight is 185 g/mol. The Bertz CT molecular complexity index is 405. The van der Waals surface area contributed by atoms with Crippen molar-refractivity contribution in [2.75, 3.05) is 0 Å². The highest BCUT2D eigenvalue weighted by Gasteiger charge is 2.13. The van der Waals surface area contributed by atoms with Crippen LogP contribution in [0.4, 0.5) is 0 Å².